The van der Waals surface area contributed by atoms with Gasteiger partial charge in [0.1, 0.15) is 12.4 Å². The van der Waals surface area contributed by atoms with E-state index in [1.807, 2.05) is 31.2 Å². The molecule has 42 heavy (non-hydrogen) atoms. The van der Waals surface area contributed by atoms with Gasteiger partial charge in [0.25, 0.3) is 5.56 Å². The number of rotatable bonds is 4. The normalized spacial score (nSPS) is 21.6. The number of carbonyl (C=O) groups excluding carboxylic acids is 2. The second-order valence-corrected chi connectivity index (χ2v) is 11.5. The summed E-state index contributed by atoms with van der Waals surface area (Å²) in [5.41, 5.74) is 2.40. The maximum atomic E-state index is 13.5. The molecule has 0 aliphatic carbocycles. The van der Waals surface area contributed by atoms with Crippen LogP contribution < -0.4 is 10.3 Å². The van der Waals surface area contributed by atoms with Gasteiger partial charge in [-0.05, 0) is 68.6 Å². The minimum absolute atomic E-state index is 0.0775. The van der Waals surface area contributed by atoms with Gasteiger partial charge in [-0.15, -0.1) is 0 Å². The van der Waals surface area contributed by atoms with Crippen LogP contribution in [-0.4, -0.2) is 64.2 Å². The van der Waals surface area contributed by atoms with Crippen LogP contribution in [0.1, 0.15) is 55.7 Å². The first kappa shape index (κ1) is 26.7. The topological polar surface area (TPSA) is 103 Å². The van der Waals surface area contributed by atoms with Gasteiger partial charge in [-0.25, -0.2) is 14.6 Å². The summed E-state index contributed by atoms with van der Waals surface area (Å²) in [7, 11) is 1.46. The molecule has 1 saturated heterocycles. The third kappa shape index (κ3) is 4.19. The molecule has 0 spiro atoms. The van der Waals surface area contributed by atoms with E-state index in [9.17, 15) is 14.4 Å². The van der Waals surface area contributed by atoms with Gasteiger partial charge in [0.05, 0.1) is 29.0 Å². The largest absolute Gasteiger partial charge is 0.458 e. The zero-order valence-corrected chi connectivity index (χ0v) is 23.9. The van der Waals surface area contributed by atoms with Crippen molar-refractivity contribution in [1.82, 2.24) is 19.4 Å². The lowest BCUT2D eigenvalue weighted by molar-refractivity contribution is -0.176. The first-order valence-corrected chi connectivity index (χ1v) is 14.7. The van der Waals surface area contributed by atoms with E-state index < -0.39 is 11.6 Å². The molecular formula is C32H34N4O6. The number of aromatic nitrogens is 2. The maximum Gasteiger partial charge on any atom is 0.415 e. The number of ether oxygens (including phenoxy) is 3. The fraction of sp³-hybridized carbons (Fsp3) is 0.438. The molecule has 0 N–H and O–H groups in total. The lowest BCUT2D eigenvalue weighted by Gasteiger charge is -2.38. The zero-order valence-electron chi connectivity index (χ0n) is 23.9. The number of allylic oxidation sites excluding steroid dienone is 1. The van der Waals surface area contributed by atoms with Crippen LogP contribution in [0.4, 0.5) is 4.79 Å². The summed E-state index contributed by atoms with van der Waals surface area (Å²) in [6.45, 7) is 4.54. The average Bonchev–Trinajstić information content (AvgIpc) is 3.38. The van der Waals surface area contributed by atoms with Crippen LogP contribution >= 0.6 is 0 Å². The van der Waals surface area contributed by atoms with Gasteiger partial charge in [-0.2, -0.15) is 0 Å². The Kier molecular flexibility index (Phi) is 6.53. The number of likely N-dealkylation sites (tertiary alicyclic amines) is 1. The minimum Gasteiger partial charge on any atom is -0.458 e. The number of cyclic esters (lactones) is 1. The van der Waals surface area contributed by atoms with Crippen molar-refractivity contribution in [1.29, 1.82) is 0 Å². The minimum atomic E-state index is -1.32. The van der Waals surface area contributed by atoms with E-state index in [0.29, 0.717) is 60.4 Å². The second-order valence-electron chi connectivity index (χ2n) is 11.5. The van der Waals surface area contributed by atoms with E-state index in [-0.39, 0.29) is 18.3 Å². The van der Waals surface area contributed by atoms with Gasteiger partial charge >= 0.3 is 12.1 Å². The van der Waals surface area contributed by atoms with Gasteiger partial charge in [-0.1, -0.05) is 13.0 Å². The number of amides is 1. The average molecular weight is 571 g/mol. The lowest BCUT2D eigenvalue weighted by Crippen LogP contribution is -2.46. The van der Waals surface area contributed by atoms with Gasteiger partial charge in [0.2, 0.25) is 0 Å². The van der Waals surface area contributed by atoms with E-state index in [4.69, 9.17) is 19.2 Å². The first-order chi connectivity index (χ1) is 20.4. The Morgan fingerprint density at radius 1 is 1.14 bits per heavy atom. The molecule has 1 fully saturated rings. The molecule has 4 aliphatic rings. The van der Waals surface area contributed by atoms with Crippen LogP contribution in [0.3, 0.4) is 0 Å². The Morgan fingerprint density at radius 2 is 1.98 bits per heavy atom. The highest BCUT2D eigenvalue weighted by Crippen LogP contribution is 2.40. The Morgan fingerprint density at radius 3 is 2.71 bits per heavy atom. The second kappa shape index (κ2) is 10.3. The van der Waals surface area contributed by atoms with Crippen LogP contribution in [0.25, 0.3) is 22.3 Å². The van der Waals surface area contributed by atoms with E-state index in [0.717, 1.165) is 42.3 Å². The molecule has 1 amide bonds. The third-order valence-electron chi connectivity index (χ3n) is 9.28. The van der Waals surface area contributed by atoms with Crippen molar-refractivity contribution < 1.29 is 23.8 Å². The van der Waals surface area contributed by atoms with Crippen LogP contribution in [0, 0.1) is 0 Å². The number of benzene rings is 1. The number of carbonyl (C=O) groups is 2. The van der Waals surface area contributed by atoms with Crippen molar-refractivity contribution in [2.75, 3.05) is 26.7 Å². The van der Waals surface area contributed by atoms with Crippen molar-refractivity contribution in [3.63, 3.8) is 0 Å². The van der Waals surface area contributed by atoms with E-state index in [2.05, 4.69) is 17.2 Å². The van der Waals surface area contributed by atoms with Gasteiger partial charge in [0.15, 0.2) is 5.60 Å². The number of hydrogen-bond donors (Lipinski definition) is 0. The number of pyridine rings is 2. The maximum absolute atomic E-state index is 13.5. The molecule has 6 heterocycles. The first-order valence-electron chi connectivity index (χ1n) is 14.7. The smallest absolute Gasteiger partial charge is 0.415 e. The molecule has 3 aromatic rings. The molecule has 2 aromatic heterocycles. The standard InChI is InChI=1S/C32H34N4O6/c1-3-32(40-2)25-17-27-28-21(18-36(27)29(37)24(25)19-41-30(32)38)15-20-16-23(7-8-26(20)33-28)42-31(39)35-13-9-22(10-14-35)34-11-5-4-6-12-34/h5,7-8,11,15-17,22H,3-4,6,9-10,12-14,18-19H2,1-2H3/t32-/m0/s1. The summed E-state index contributed by atoms with van der Waals surface area (Å²) in [5.74, 6) is -0.0263. The molecule has 218 valence electrons. The van der Waals surface area contributed by atoms with Gasteiger partial charge in [0, 0.05) is 49.3 Å². The highest BCUT2D eigenvalue weighted by atomic mass is 16.6. The van der Waals surface area contributed by atoms with Crippen molar-refractivity contribution in [3.8, 4) is 17.1 Å². The van der Waals surface area contributed by atoms with E-state index >= 15 is 0 Å². The molecule has 0 radical (unpaired) electrons. The summed E-state index contributed by atoms with van der Waals surface area (Å²) < 4.78 is 18.5. The van der Waals surface area contributed by atoms with Crippen LogP contribution in [0.15, 0.2) is 47.4 Å². The molecule has 4 aliphatic heterocycles. The molecule has 0 unspecified atom stereocenters. The quantitative estimate of drug-likeness (QED) is 0.335. The lowest BCUT2D eigenvalue weighted by atomic mass is 9.85. The van der Waals surface area contributed by atoms with Gasteiger partial charge in [-0.3, -0.25) is 4.79 Å². The summed E-state index contributed by atoms with van der Waals surface area (Å²) in [4.78, 5) is 48.4. The van der Waals surface area contributed by atoms with Crippen LogP contribution in [-0.2, 0) is 33.0 Å². The Hall–Kier alpha value is -4.18. The van der Waals surface area contributed by atoms with Crippen LogP contribution in [0.5, 0.6) is 5.75 Å². The Balaban J connectivity index is 1.12. The highest BCUT2D eigenvalue weighted by molar-refractivity contribution is 5.87. The van der Waals surface area contributed by atoms with Crippen molar-refractivity contribution >= 4 is 23.0 Å². The molecule has 1 aromatic carbocycles. The predicted octanol–water partition coefficient (Wildman–Crippen LogP) is 4.31. The summed E-state index contributed by atoms with van der Waals surface area (Å²) in [6.07, 6.45) is 8.63. The van der Waals surface area contributed by atoms with Crippen molar-refractivity contribution in [2.24, 2.45) is 0 Å². The fourth-order valence-electron chi connectivity index (χ4n) is 6.88. The summed E-state index contributed by atoms with van der Waals surface area (Å²) in [6, 6.07) is 9.72. The highest BCUT2D eigenvalue weighted by Gasteiger charge is 2.47. The number of methoxy groups -OCH3 is 1. The van der Waals surface area contributed by atoms with E-state index in [1.54, 1.807) is 15.5 Å². The molecule has 0 saturated carbocycles. The fourth-order valence-corrected chi connectivity index (χ4v) is 6.88. The third-order valence-corrected chi connectivity index (χ3v) is 9.28. The number of esters is 1. The molecule has 0 bridgehead atoms. The van der Waals surface area contributed by atoms with Crippen molar-refractivity contribution in [2.45, 2.75) is 63.8 Å². The molecule has 1 atom stereocenters. The SMILES string of the molecule is CC[C@@]1(OC)C(=O)OCc2c1cc1n(c2=O)Cc2cc3cc(OC(=O)N4CCC(N5C=CCCC5)CC4)ccc3nc2-1. The molecule has 10 nitrogen and oxygen atoms in total. The molecular weight excluding hydrogens is 536 g/mol. The number of nitrogens with zero attached hydrogens (tertiary/aromatic N) is 4. The summed E-state index contributed by atoms with van der Waals surface area (Å²) >= 11 is 0. The zero-order chi connectivity index (χ0) is 29.0. The molecule has 7 rings (SSSR count). The monoisotopic (exact) mass is 570 g/mol. The van der Waals surface area contributed by atoms with E-state index in [1.165, 1.54) is 13.5 Å². The Bertz CT molecular complexity index is 1680. The Labute approximate surface area is 243 Å². The number of fused-ring (bicyclic) bond motifs is 5. The van der Waals surface area contributed by atoms with Crippen molar-refractivity contribution in [3.05, 3.63) is 69.7 Å². The van der Waals surface area contributed by atoms with Gasteiger partial charge < -0.3 is 28.6 Å². The number of hydrogen-bond acceptors (Lipinski definition) is 8. The predicted molar refractivity (Wildman–Crippen MR) is 155 cm³/mol. The van der Waals surface area contributed by atoms with Crippen LogP contribution in [0.2, 0.25) is 0 Å². The number of piperidine rings is 1. The molecule has 10 heteroatoms. The summed E-state index contributed by atoms with van der Waals surface area (Å²) in [5, 5.41) is 0.818.